The number of fused-ring (bicyclic) bond motifs is 12. The second-order valence-electron chi connectivity index (χ2n) is 29.9. The first-order valence-corrected chi connectivity index (χ1v) is 41.9. The summed E-state index contributed by atoms with van der Waals surface area (Å²) in [7, 11) is 0. The van der Waals surface area contributed by atoms with E-state index in [0.29, 0.717) is 11.3 Å². The second kappa shape index (κ2) is 47.6. The van der Waals surface area contributed by atoms with Crippen LogP contribution in [0.15, 0.2) is 389 Å². The first-order valence-electron chi connectivity index (χ1n) is 44.9. The van der Waals surface area contributed by atoms with Crippen LogP contribution >= 0.6 is 0 Å². The Hall–Kier alpha value is -14.6. The smallest absolute Gasteiger partial charge is 0.139 e. The third kappa shape index (κ3) is 24.8. The molecule has 0 amide bonds. The van der Waals surface area contributed by atoms with Gasteiger partial charge in [0, 0.05) is 161 Å². The predicted molar refractivity (Wildman–Crippen MR) is 522 cm³/mol. The molecule has 8 aromatic carbocycles. The molecule has 135 heavy (non-hydrogen) atoms. The Kier molecular flexibility index (Phi) is 31.6. The van der Waals surface area contributed by atoms with Crippen LogP contribution in [0.2, 0.25) is 0 Å². The molecule has 20 heteroatoms. The van der Waals surface area contributed by atoms with Crippen molar-refractivity contribution in [1.82, 2.24) is 59.8 Å². The molecule has 16 aromatic heterocycles. The molecule has 16 nitrogen and oxygen atoms in total. The van der Waals surface area contributed by atoms with Gasteiger partial charge in [-0.15, -0.1) is 203 Å². The zero-order chi connectivity index (χ0) is 94.6. The summed E-state index contributed by atoms with van der Waals surface area (Å²) in [6.07, 6.45) is 17.3. The quantitative estimate of drug-likeness (QED) is 0.130. The molecule has 0 atom stereocenters. The van der Waals surface area contributed by atoms with Crippen molar-refractivity contribution in [3.8, 4) is 90.3 Å². The average molecular weight is 2470 g/mol. The molecule has 0 unspecified atom stereocenters. The summed E-state index contributed by atoms with van der Waals surface area (Å²) < 4.78 is 67.7. The zero-order valence-electron chi connectivity index (χ0n) is 79.1. The van der Waals surface area contributed by atoms with Crippen LogP contribution in [0.25, 0.3) is 179 Å². The molecule has 0 aliphatic rings. The summed E-state index contributed by atoms with van der Waals surface area (Å²) in [6, 6.07) is 123. The van der Waals surface area contributed by atoms with Crippen molar-refractivity contribution in [2.45, 2.75) is 48.3 Å². The summed E-state index contributed by atoms with van der Waals surface area (Å²) in [5, 5.41) is 4.03. The fourth-order valence-electron chi connectivity index (χ4n) is 13.9. The van der Waals surface area contributed by atoms with Crippen LogP contribution in [-0.2, 0) is 80.4 Å². The Morgan fingerprint density at radius 2 is 0.563 bits per heavy atom. The normalized spacial score (nSPS) is 11.2. The van der Waals surface area contributed by atoms with Crippen molar-refractivity contribution in [2.24, 2.45) is 0 Å². The van der Waals surface area contributed by atoms with Crippen molar-refractivity contribution in [2.75, 3.05) is 0 Å². The molecule has 0 bridgehead atoms. The molecule has 0 N–H and O–H groups in total. The van der Waals surface area contributed by atoms with Crippen LogP contribution in [0.3, 0.4) is 0 Å². The van der Waals surface area contributed by atoms with Crippen molar-refractivity contribution in [3.63, 3.8) is 0 Å². The number of pyridine rings is 12. The van der Waals surface area contributed by atoms with E-state index in [-0.39, 0.29) is 91.5 Å². The first kappa shape index (κ1) is 89.6. The van der Waals surface area contributed by atoms with E-state index in [9.17, 15) is 0 Å². The van der Waals surface area contributed by atoms with Crippen LogP contribution < -0.4 is 0 Å². The Balaban J connectivity index is 0.000000136. The number of hydrogen-bond acceptors (Lipinski definition) is 16. The first-order chi connectivity index (χ1) is 66.7. The minimum Gasteiger partial charge on any atom is -0.513 e. The summed E-state index contributed by atoms with van der Waals surface area (Å²) >= 11 is 0. The zero-order valence-corrected chi connectivity index (χ0v) is 82.6. The van der Waals surface area contributed by atoms with Gasteiger partial charge in [-0.25, -0.2) is 0 Å². The number of furan rings is 4. The van der Waals surface area contributed by atoms with E-state index in [4.69, 9.17) is 25.9 Å². The Morgan fingerprint density at radius 3 is 0.970 bits per heavy atom. The van der Waals surface area contributed by atoms with Crippen molar-refractivity contribution >= 4 is 88.3 Å². The summed E-state index contributed by atoms with van der Waals surface area (Å²) in [5.74, 6) is 0. The minimum atomic E-state index is -2.50. The average Bonchev–Trinajstić information content (AvgIpc) is 1.69. The molecule has 670 valence electrons. The monoisotopic (exact) mass is 2470 g/mol. The summed E-state index contributed by atoms with van der Waals surface area (Å²) in [5.41, 5.74) is 29.4. The van der Waals surface area contributed by atoms with Crippen LogP contribution in [0.5, 0.6) is 0 Å². The fourth-order valence-corrected chi connectivity index (χ4v) is 13.9. The van der Waals surface area contributed by atoms with Gasteiger partial charge in [-0.05, 0) is 200 Å². The molecule has 0 fully saturated rings. The Labute approximate surface area is 844 Å². The van der Waals surface area contributed by atoms with Gasteiger partial charge < -0.3 is 57.5 Å². The summed E-state index contributed by atoms with van der Waals surface area (Å²) in [6.45, 7) is 5.31. The SMILES string of the molecule is Cc1ccnc(-c2[c-]cc3oc4ccccc4c3n2)c1.Cc1ccnc(-c2[c-]cc3oc4cccnc4c3c2)c1.Cc1ccnc(-c2[c-]cc3oc4cccnc4c3c2)c1.Cc1cnc(-c2[c-]cccc2)cc1C.[2H]C([2H])([2H])c1cnc(-c2[c-]cccc2)cc1C([2H])([2H])[2H].[Ir].[Ir].[Ir].[Ir].[c-]1cc2oc3ccccc3c2nc1-c1ccccn1.[c-]1ccccc1-c1ccccn1.[c-]1ccccc1-c1ccccn1. The number of aryl methyl sites for hydroxylation is 7. The van der Waals surface area contributed by atoms with Crippen molar-refractivity contribution in [3.05, 3.63) is 459 Å². The van der Waals surface area contributed by atoms with E-state index < -0.39 is 13.7 Å². The second-order valence-corrected chi connectivity index (χ2v) is 29.9. The molecule has 4 radical (unpaired) electrons. The molecule has 24 aromatic rings. The maximum absolute atomic E-state index is 7.50. The van der Waals surface area contributed by atoms with Gasteiger partial charge in [-0.2, -0.15) is 12.1 Å². The number of rotatable bonds is 8. The standard InChI is InChI=1S/3C17H11N2O.C16H9N2O.2C13H12N.2C11H8N.4Ir/c2*1-11-6-8-18-14(9-11)12-4-5-15-13(10-12)17-16(20-15)3-2-7-19-17;1-11-8-9-18-14(10-11)13-6-7-16-17(19-13)12-4-2-3-5-15(12)20-16;1-2-7-14-11(5-1)16-15(19-14)9-8-13(18-16)12-6-3-4-10-17-12;2*1-10-8-13(14-9-11(10)2)12-6-4-3-5-7-12;2*1-2-6-10(7-3-1)11-8-4-5-9-12-11;;;;/h2*2-3,5-10H,1H3;2-5,7-10H,1H3;1-7,9-10H;2*3-6,8-9H,1-2H3;2*1-6,8-9H;;;;/q8*-1;;;;/i;;;;1D3,2D3;;;;;;;. The van der Waals surface area contributed by atoms with Gasteiger partial charge in [-0.1, -0.05) is 131 Å². The molecule has 0 saturated carbocycles. The van der Waals surface area contributed by atoms with Gasteiger partial charge >= 0.3 is 0 Å². The molecule has 16 heterocycles. The summed E-state index contributed by atoms with van der Waals surface area (Å²) in [4.78, 5) is 52.4. The predicted octanol–water partition coefficient (Wildman–Crippen LogP) is 27.7. The van der Waals surface area contributed by atoms with Crippen molar-refractivity contribution < 1.29 is 106 Å². The van der Waals surface area contributed by atoms with Gasteiger partial charge in [0.2, 0.25) is 0 Å². The van der Waals surface area contributed by atoms with E-state index in [2.05, 4.69) is 142 Å². The third-order valence-corrected chi connectivity index (χ3v) is 20.6. The van der Waals surface area contributed by atoms with Gasteiger partial charge in [0.1, 0.15) is 22.3 Å². The molecule has 0 spiro atoms. The maximum Gasteiger partial charge on any atom is 0.139 e. The molecule has 0 aliphatic carbocycles. The number of nitrogens with zero attached hydrogens (tertiary/aromatic N) is 12. The van der Waals surface area contributed by atoms with Crippen LogP contribution in [0, 0.1) is 96.9 Å². The van der Waals surface area contributed by atoms with Gasteiger partial charge in [0.25, 0.3) is 0 Å². The van der Waals surface area contributed by atoms with Crippen molar-refractivity contribution in [1.29, 1.82) is 0 Å². The molecular weight excluding hydrogens is 2380 g/mol. The van der Waals surface area contributed by atoms with Crippen LogP contribution in [0.4, 0.5) is 0 Å². The van der Waals surface area contributed by atoms with E-state index in [1.54, 1.807) is 61.4 Å². The number of para-hydroxylation sites is 2. The number of benzene rings is 8. The Bertz CT molecular complexity index is 7710. The maximum atomic E-state index is 7.50. The topological polar surface area (TPSA) is 207 Å². The van der Waals surface area contributed by atoms with E-state index in [1.165, 1.54) is 28.3 Å². The minimum absolute atomic E-state index is 0. The Morgan fingerprint density at radius 1 is 0.222 bits per heavy atom. The third-order valence-electron chi connectivity index (χ3n) is 20.6. The molecule has 24 rings (SSSR count). The van der Waals surface area contributed by atoms with Gasteiger partial charge in [-0.3, -0.25) is 19.9 Å². The van der Waals surface area contributed by atoms with Gasteiger partial charge in [0.05, 0.1) is 44.4 Å². The molecule has 0 aliphatic heterocycles. The van der Waals surface area contributed by atoms with Crippen LogP contribution in [0.1, 0.15) is 47.2 Å². The van der Waals surface area contributed by atoms with Crippen LogP contribution in [-0.4, -0.2) is 59.8 Å². The van der Waals surface area contributed by atoms with E-state index in [1.807, 2.05) is 299 Å². The number of aromatic nitrogens is 12. The largest absolute Gasteiger partial charge is 0.513 e. The molecule has 0 saturated heterocycles. The van der Waals surface area contributed by atoms with E-state index in [0.717, 1.165) is 179 Å². The number of hydrogen-bond donors (Lipinski definition) is 0. The van der Waals surface area contributed by atoms with Gasteiger partial charge in [0.15, 0.2) is 0 Å². The van der Waals surface area contributed by atoms with E-state index >= 15 is 0 Å². The molecular formula is C115H82Ir4N12O4-8. The fraction of sp³-hybridized carbons (Fsp3) is 0.0609.